The molecule has 1 unspecified atom stereocenters. The second-order valence-electron chi connectivity index (χ2n) is 8.46. The van der Waals surface area contributed by atoms with Crippen LogP contribution in [0.2, 0.25) is 0 Å². The molecule has 1 fully saturated rings. The molecule has 1 saturated heterocycles. The lowest BCUT2D eigenvalue weighted by molar-refractivity contribution is -0.132. The zero-order valence-electron chi connectivity index (χ0n) is 21.5. The van der Waals surface area contributed by atoms with E-state index in [-0.39, 0.29) is 11.3 Å². The van der Waals surface area contributed by atoms with Gasteiger partial charge in [-0.05, 0) is 56.2 Å². The third kappa shape index (κ3) is 4.89. The van der Waals surface area contributed by atoms with Gasteiger partial charge in [0, 0.05) is 17.3 Å². The number of para-hydroxylation sites is 1. The number of aliphatic hydroxyl groups is 1. The number of rotatable bonds is 9. The number of hydrogen-bond donors (Lipinski definition) is 1. The van der Waals surface area contributed by atoms with E-state index in [1.54, 1.807) is 36.4 Å². The monoisotopic (exact) mass is 501 g/mol. The van der Waals surface area contributed by atoms with E-state index in [1.807, 2.05) is 51.1 Å². The van der Waals surface area contributed by atoms with E-state index < -0.39 is 17.7 Å². The number of benzene rings is 3. The molecule has 0 aromatic heterocycles. The molecule has 1 amide bonds. The van der Waals surface area contributed by atoms with Crippen LogP contribution in [0.25, 0.3) is 5.76 Å². The van der Waals surface area contributed by atoms with E-state index in [9.17, 15) is 14.7 Å². The van der Waals surface area contributed by atoms with Gasteiger partial charge in [-0.15, -0.1) is 0 Å². The maximum Gasteiger partial charge on any atom is 0.300 e. The van der Waals surface area contributed by atoms with Crippen molar-refractivity contribution < 1.29 is 28.9 Å². The van der Waals surface area contributed by atoms with Crippen LogP contribution in [0.15, 0.2) is 72.3 Å². The number of carbonyl (C=O) groups is 2. The summed E-state index contributed by atoms with van der Waals surface area (Å²) in [5.74, 6) is -0.431. The highest BCUT2D eigenvalue weighted by atomic mass is 16.5. The lowest BCUT2D eigenvalue weighted by atomic mass is 9.94. The van der Waals surface area contributed by atoms with Gasteiger partial charge in [0.05, 0.1) is 37.5 Å². The summed E-state index contributed by atoms with van der Waals surface area (Å²) in [4.78, 5) is 28.4. The van der Waals surface area contributed by atoms with Crippen LogP contribution in [0.1, 0.15) is 43.5 Å². The molecule has 1 aliphatic rings. The number of ketones is 1. The summed E-state index contributed by atoms with van der Waals surface area (Å²) in [5.41, 5.74) is 2.48. The molecule has 0 aliphatic carbocycles. The number of amides is 1. The van der Waals surface area contributed by atoms with Crippen LogP contribution in [0.4, 0.5) is 5.69 Å². The predicted octanol–water partition coefficient (Wildman–Crippen LogP) is 5.68. The molecule has 0 spiro atoms. The van der Waals surface area contributed by atoms with Crippen molar-refractivity contribution >= 4 is 23.1 Å². The molecule has 1 atom stereocenters. The normalized spacial score (nSPS) is 16.6. The Kier molecular flexibility index (Phi) is 7.82. The highest BCUT2D eigenvalue weighted by Crippen LogP contribution is 2.46. The Hall–Kier alpha value is -4.26. The number of aliphatic hydroxyl groups excluding tert-OH is 1. The second-order valence-corrected chi connectivity index (χ2v) is 8.46. The van der Waals surface area contributed by atoms with E-state index in [0.717, 1.165) is 12.0 Å². The number of ether oxygens (including phenoxy) is 3. The maximum atomic E-state index is 13.5. The fraction of sp³-hybridized carbons (Fsp3) is 0.267. The van der Waals surface area contributed by atoms with Crippen LogP contribution in [-0.2, 0) is 16.0 Å². The minimum Gasteiger partial charge on any atom is -0.507 e. The summed E-state index contributed by atoms with van der Waals surface area (Å²) in [5, 5.41) is 11.6. The lowest BCUT2D eigenvalue weighted by Crippen LogP contribution is -2.29. The Bertz CT molecular complexity index is 1330. The topological polar surface area (TPSA) is 85.3 Å². The zero-order valence-corrected chi connectivity index (χ0v) is 21.5. The van der Waals surface area contributed by atoms with Gasteiger partial charge < -0.3 is 19.3 Å². The quantitative estimate of drug-likeness (QED) is 0.231. The molecule has 3 aromatic carbocycles. The molecule has 1 aliphatic heterocycles. The predicted molar refractivity (Wildman–Crippen MR) is 142 cm³/mol. The summed E-state index contributed by atoms with van der Waals surface area (Å²) in [7, 11) is 1.53. The number of nitrogens with zero attached hydrogens (tertiary/aromatic N) is 1. The minimum absolute atomic E-state index is 0.0424. The van der Waals surface area contributed by atoms with Crippen LogP contribution in [0.3, 0.4) is 0 Å². The third-order valence-electron chi connectivity index (χ3n) is 6.32. The molecule has 4 rings (SSSR count). The molecule has 7 nitrogen and oxygen atoms in total. The molecule has 3 aromatic rings. The summed E-state index contributed by atoms with van der Waals surface area (Å²) in [6, 6.07) is 18.7. The number of hydrogen-bond acceptors (Lipinski definition) is 6. The van der Waals surface area contributed by atoms with Crippen molar-refractivity contribution in [2.24, 2.45) is 0 Å². The first-order chi connectivity index (χ1) is 17.9. The first-order valence-corrected chi connectivity index (χ1v) is 12.4. The van der Waals surface area contributed by atoms with Crippen molar-refractivity contribution in [1.82, 2.24) is 0 Å². The highest BCUT2D eigenvalue weighted by molar-refractivity contribution is 6.51. The van der Waals surface area contributed by atoms with Crippen molar-refractivity contribution in [2.45, 2.75) is 33.2 Å². The number of anilines is 1. The van der Waals surface area contributed by atoms with Gasteiger partial charge in [-0.2, -0.15) is 0 Å². The third-order valence-corrected chi connectivity index (χ3v) is 6.32. The Labute approximate surface area is 216 Å². The van der Waals surface area contributed by atoms with Crippen LogP contribution in [0, 0.1) is 0 Å². The molecule has 1 N–H and O–H groups in total. The van der Waals surface area contributed by atoms with Gasteiger partial charge in [0.2, 0.25) is 0 Å². The number of methoxy groups -OCH3 is 1. The number of aryl methyl sites for hydroxylation is 1. The van der Waals surface area contributed by atoms with Gasteiger partial charge >= 0.3 is 0 Å². The Morgan fingerprint density at radius 3 is 2.24 bits per heavy atom. The average molecular weight is 502 g/mol. The van der Waals surface area contributed by atoms with Crippen LogP contribution in [-0.4, -0.2) is 37.1 Å². The molecule has 0 radical (unpaired) electrons. The second kappa shape index (κ2) is 11.2. The van der Waals surface area contributed by atoms with Gasteiger partial charge in [-0.1, -0.05) is 37.3 Å². The van der Waals surface area contributed by atoms with Gasteiger partial charge in [0.1, 0.15) is 23.0 Å². The number of Topliss-reactive ketones (excluding diaryl/α,β-unsaturated/α-hetero) is 1. The van der Waals surface area contributed by atoms with Crippen LogP contribution >= 0.6 is 0 Å². The fourth-order valence-corrected chi connectivity index (χ4v) is 4.55. The fourth-order valence-electron chi connectivity index (χ4n) is 4.55. The van der Waals surface area contributed by atoms with Gasteiger partial charge in [-0.25, -0.2) is 0 Å². The Balaban J connectivity index is 1.96. The molecule has 37 heavy (non-hydrogen) atoms. The number of carbonyl (C=O) groups excluding carboxylic acids is 2. The molecule has 7 heteroatoms. The lowest BCUT2D eigenvalue weighted by Gasteiger charge is -2.27. The molecule has 0 bridgehead atoms. The van der Waals surface area contributed by atoms with E-state index in [0.29, 0.717) is 47.3 Å². The highest BCUT2D eigenvalue weighted by Gasteiger charge is 2.48. The van der Waals surface area contributed by atoms with Gasteiger partial charge in [0.25, 0.3) is 11.7 Å². The zero-order chi connectivity index (χ0) is 26.5. The minimum atomic E-state index is -0.912. The smallest absolute Gasteiger partial charge is 0.300 e. The first kappa shape index (κ1) is 25.8. The van der Waals surface area contributed by atoms with Crippen molar-refractivity contribution in [3.8, 4) is 17.2 Å². The SMILES string of the molecule is CCOc1ccc(/C(O)=C2\C(=O)C(=O)N(c3ccc(CC)cc3)C2c2ccccc2OC)c(OCC)c1. The molecule has 192 valence electrons. The molecular formula is C30H31NO6. The maximum absolute atomic E-state index is 13.5. The summed E-state index contributed by atoms with van der Waals surface area (Å²) >= 11 is 0. The van der Waals surface area contributed by atoms with Gasteiger partial charge in [0.15, 0.2) is 0 Å². The van der Waals surface area contributed by atoms with Crippen LogP contribution < -0.4 is 19.1 Å². The first-order valence-electron chi connectivity index (χ1n) is 12.4. The standard InChI is InChI=1S/C30H31NO6/c1-5-19-12-14-20(15-13-19)31-27(22-10-8-9-11-24(22)35-4)26(29(33)30(31)34)28(32)23-17-16-21(36-6-2)18-25(23)37-7-3/h8-18,27,32H,5-7H2,1-4H3/b28-26+. The van der Waals surface area contributed by atoms with Crippen molar-refractivity contribution in [1.29, 1.82) is 0 Å². The van der Waals surface area contributed by atoms with E-state index in [1.165, 1.54) is 12.0 Å². The van der Waals surface area contributed by atoms with Crippen LogP contribution in [0.5, 0.6) is 17.2 Å². The Morgan fingerprint density at radius 1 is 0.892 bits per heavy atom. The molecular weight excluding hydrogens is 470 g/mol. The summed E-state index contributed by atoms with van der Waals surface area (Å²) in [6.07, 6.45) is 0.840. The average Bonchev–Trinajstić information content (AvgIpc) is 3.18. The molecule has 0 saturated carbocycles. The largest absolute Gasteiger partial charge is 0.507 e. The van der Waals surface area contributed by atoms with Gasteiger partial charge in [-0.3, -0.25) is 14.5 Å². The summed E-state index contributed by atoms with van der Waals surface area (Å²) in [6.45, 7) is 6.54. The van der Waals surface area contributed by atoms with Crippen molar-refractivity contribution in [3.63, 3.8) is 0 Å². The van der Waals surface area contributed by atoms with E-state index in [2.05, 4.69) is 0 Å². The summed E-state index contributed by atoms with van der Waals surface area (Å²) < 4.78 is 17.0. The Morgan fingerprint density at radius 2 is 1.59 bits per heavy atom. The van der Waals surface area contributed by atoms with E-state index >= 15 is 0 Å². The van der Waals surface area contributed by atoms with E-state index in [4.69, 9.17) is 14.2 Å². The van der Waals surface area contributed by atoms with Crippen molar-refractivity contribution in [3.05, 3.63) is 89.0 Å². The van der Waals surface area contributed by atoms with Crippen molar-refractivity contribution in [2.75, 3.05) is 25.2 Å². The molecule has 1 heterocycles.